The van der Waals surface area contributed by atoms with Crippen molar-refractivity contribution in [3.63, 3.8) is 0 Å². The Kier molecular flexibility index (Phi) is 5.43. The van der Waals surface area contributed by atoms with Gasteiger partial charge in [-0.1, -0.05) is 25.1 Å². The Hall–Kier alpha value is -0.840. The number of carbonyl (C=O) groups excluding carboxylic acids is 1. The maximum Gasteiger partial charge on any atom is 0.181 e. The van der Waals surface area contributed by atoms with E-state index in [1.54, 1.807) is 11.8 Å². The zero-order chi connectivity index (χ0) is 13.7. The molecule has 19 heavy (non-hydrogen) atoms. The maximum absolute atomic E-state index is 12.8. The molecule has 1 aromatic rings. The van der Waals surface area contributed by atoms with Crippen LogP contribution in [0.3, 0.4) is 0 Å². The van der Waals surface area contributed by atoms with Crippen molar-refractivity contribution in [1.82, 2.24) is 4.90 Å². The Labute approximate surface area is 119 Å². The molecule has 1 aromatic carbocycles. The second kappa shape index (κ2) is 7.08. The van der Waals surface area contributed by atoms with Gasteiger partial charge >= 0.3 is 0 Å². The fraction of sp³-hybridized carbons (Fsp3) is 0.533. The van der Waals surface area contributed by atoms with Crippen molar-refractivity contribution in [2.24, 2.45) is 0 Å². The Morgan fingerprint density at radius 1 is 1.37 bits per heavy atom. The van der Waals surface area contributed by atoms with Gasteiger partial charge in [0.15, 0.2) is 5.78 Å². The number of Topliss-reactive ketones (excluding diaryl/α,β-unsaturated/α-hetero) is 1. The lowest BCUT2D eigenvalue weighted by Crippen LogP contribution is -2.47. The topological polar surface area (TPSA) is 29.5 Å². The molecule has 2 rings (SSSR count). The molecule has 0 N–H and O–H groups in total. The van der Waals surface area contributed by atoms with Crippen molar-refractivity contribution < 1.29 is 9.53 Å². The minimum atomic E-state index is -0.0165. The minimum Gasteiger partial charge on any atom is -0.379 e. The van der Waals surface area contributed by atoms with Crippen LogP contribution >= 0.6 is 11.8 Å². The molecule has 104 valence electrons. The van der Waals surface area contributed by atoms with E-state index >= 15 is 0 Å². The van der Waals surface area contributed by atoms with Crippen LogP contribution in [0.5, 0.6) is 0 Å². The summed E-state index contributed by atoms with van der Waals surface area (Å²) in [5.74, 6) is 0.245. The second-order valence-corrected chi connectivity index (χ2v) is 5.48. The van der Waals surface area contributed by atoms with E-state index in [4.69, 9.17) is 4.74 Å². The van der Waals surface area contributed by atoms with Gasteiger partial charge in [0.1, 0.15) is 0 Å². The van der Waals surface area contributed by atoms with Gasteiger partial charge in [-0.25, -0.2) is 0 Å². The highest BCUT2D eigenvalue weighted by Gasteiger charge is 2.27. The van der Waals surface area contributed by atoms with Crippen LogP contribution in [0, 0.1) is 0 Å². The predicted molar refractivity (Wildman–Crippen MR) is 79.0 cm³/mol. The molecule has 4 heteroatoms. The number of rotatable bonds is 5. The summed E-state index contributed by atoms with van der Waals surface area (Å²) in [6.07, 6.45) is 2.86. The van der Waals surface area contributed by atoms with Crippen LogP contribution in [-0.2, 0) is 4.74 Å². The van der Waals surface area contributed by atoms with Gasteiger partial charge in [-0.3, -0.25) is 9.69 Å². The van der Waals surface area contributed by atoms with Crippen LogP contribution < -0.4 is 0 Å². The number of hydrogen-bond acceptors (Lipinski definition) is 4. The van der Waals surface area contributed by atoms with Crippen molar-refractivity contribution >= 4 is 17.5 Å². The third kappa shape index (κ3) is 3.38. The lowest BCUT2D eigenvalue weighted by atomic mass is 10.0. The zero-order valence-corrected chi connectivity index (χ0v) is 12.4. The third-order valence-electron chi connectivity index (χ3n) is 3.55. The third-order valence-corrected chi connectivity index (χ3v) is 4.34. The standard InChI is InChI=1S/C15H21NO2S/c1-3-13(16-8-10-18-11-9-16)15(17)12-6-4-5-7-14(12)19-2/h4-7,13H,3,8-11H2,1-2H3. The molecular formula is C15H21NO2S. The number of benzene rings is 1. The van der Waals surface area contributed by atoms with Crippen LogP contribution in [0.25, 0.3) is 0 Å². The first-order valence-corrected chi connectivity index (χ1v) is 7.99. The summed E-state index contributed by atoms with van der Waals surface area (Å²) in [6, 6.07) is 7.87. The first-order valence-electron chi connectivity index (χ1n) is 6.77. The molecule has 0 spiro atoms. The first-order chi connectivity index (χ1) is 9.27. The number of hydrogen-bond donors (Lipinski definition) is 0. The van der Waals surface area contributed by atoms with Crippen molar-refractivity contribution in [2.75, 3.05) is 32.6 Å². The van der Waals surface area contributed by atoms with E-state index in [1.165, 1.54) is 0 Å². The predicted octanol–water partition coefficient (Wildman–Crippen LogP) is 2.70. The zero-order valence-electron chi connectivity index (χ0n) is 11.6. The van der Waals surface area contributed by atoms with Gasteiger partial charge in [-0.2, -0.15) is 0 Å². The highest BCUT2D eigenvalue weighted by Crippen LogP contribution is 2.23. The van der Waals surface area contributed by atoms with E-state index in [1.807, 2.05) is 30.5 Å². The lowest BCUT2D eigenvalue weighted by Gasteiger charge is -2.33. The average molecular weight is 279 g/mol. The molecule has 0 bridgehead atoms. The molecule has 1 unspecified atom stereocenters. The van der Waals surface area contributed by atoms with E-state index in [9.17, 15) is 4.79 Å². The minimum absolute atomic E-state index is 0.0165. The normalized spacial score (nSPS) is 18.2. The SMILES string of the molecule is CCC(C(=O)c1ccccc1SC)N1CCOCC1. The molecule has 0 aromatic heterocycles. The molecule has 0 aliphatic carbocycles. The molecule has 1 aliphatic heterocycles. The van der Waals surface area contributed by atoms with Crippen molar-refractivity contribution in [3.8, 4) is 0 Å². The Balaban J connectivity index is 2.19. The molecule has 1 saturated heterocycles. The number of ether oxygens (including phenoxy) is 1. The highest BCUT2D eigenvalue weighted by molar-refractivity contribution is 7.98. The molecule has 0 radical (unpaired) electrons. The summed E-state index contributed by atoms with van der Waals surface area (Å²) in [4.78, 5) is 16.1. The largest absolute Gasteiger partial charge is 0.379 e. The van der Waals surface area contributed by atoms with Gasteiger partial charge in [0, 0.05) is 23.5 Å². The molecule has 0 saturated carbocycles. The van der Waals surface area contributed by atoms with Gasteiger partial charge in [-0.15, -0.1) is 11.8 Å². The summed E-state index contributed by atoms with van der Waals surface area (Å²) < 4.78 is 5.37. The summed E-state index contributed by atoms with van der Waals surface area (Å²) in [7, 11) is 0. The Morgan fingerprint density at radius 2 is 2.05 bits per heavy atom. The van der Waals surface area contributed by atoms with Gasteiger partial charge in [-0.05, 0) is 18.7 Å². The van der Waals surface area contributed by atoms with Gasteiger partial charge in [0.2, 0.25) is 0 Å². The quantitative estimate of drug-likeness (QED) is 0.612. The first kappa shape index (κ1) is 14.6. The number of morpholine rings is 1. The highest BCUT2D eigenvalue weighted by atomic mass is 32.2. The number of thioether (sulfide) groups is 1. The fourth-order valence-corrected chi connectivity index (χ4v) is 3.13. The average Bonchev–Trinajstić information content (AvgIpc) is 2.49. The molecule has 1 aliphatic rings. The number of carbonyl (C=O) groups is 1. The Bertz CT molecular complexity index is 430. The summed E-state index contributed by atoms with van der Waals surface area (Å²) in [5, 5.41) is 0. The maximum atomic E-state index is 12.8. The monoisotopic (exact) mass is 279 g/mol. The molecule has 1 atom stereocenters. The van der Waals surface area contributed by atoms with Crippen molar-refractivity contribution in [3.05, 3.63) is 29.8 Å². The molecule has 0 amide bonds. The van der Waals surface area contributed by atoms with E-state index in [-0.39, 0.29) is 11.8 Å². The number of ketones is 1. The van der Waals surface area contributed by atoms with Gasteiger partial charge in [0.25, 0.3) is 0 Å². The van der Waals surface area contributed by atoms with E-state index in [0.29, 0.717) is 0 Å². The van der Waals surface area contributed by atoms with Gasteiger partial charge < -0.3 is 4.74 Å². The molecule has 1 fully saturated rings. The fourth-order valence-electron chi connectivity index (χ4n) is 2.53. The van der Waals surface area contributed by atoms with E-state index in [0.717, 1.165) is 43.2 Å². The van der Waals surface area contributed by atoms with Crippen LogP contribution in [0.2, 0.25) is 0 Å². The smallest absolute Gasteiger partial charge is 0.181 e. The van der Waals surface area contributed by atoms with E-state index in [2.05, 4.69) is 11.8 Å². The lowest BCUT2D eigenvalue weighted by molar-refractivity contribution is 0.0169. The summed E-state index contributed by atoms with van der Waals surface area (Å²) in [6.45, 7) is 5.25. The number of nitrogens with zero attached hydrogens (tertiary/aromatic N) is 1. The molecule has 1 heterocycles. The van der Waals surface area contributed by atoms with Gasteiger partial charge in [0.05, 0.1) is 19.3 Å². The van der Waals surface area contributed by atoms with E-state index < -0.39 is 0 Å². The summed E-state index contributed by atoms with van der Waals surface area (Å²) >= 11 is 1.63. The second-order valence-electron chi connectivity index (χ2n) is 4.64. The molecular weight excluding hydrogens is 258 g/mol. The van der Waals surface area contributed by atoms with Crippen molar-refractivity contribution in [2.45, 2.75) is 24.3 Å². The summed E-state index contributed by atoms with van der Waals surface area (Å²) in [5.41, 5.74) is 0.855. The molecule has 3 nitrogen and oxygen atoms in total. The van der Waals surface area contributed by atoms with Crippen LogP contribution in [0.4, 0.5) is 0 Å². The Morgan fingerprint density at radius 3 is 2.68 bits per heavy atom. The van der Waals surface area contributed by atoms with Crippen LogP contribution in [-0.4, -0.2) is 49.3 Å². The van der Waals surface area contributed by atoms with Crippen LogP contribution in [0.1, 0.15) is 23.7 Å². The van der Waals surface area contributed by atoms with Crippen LogP contribution in [0.15, 0.2) is 29.2 Å². The van der Waals surface area contributed by atoms with Crippen molar-refractivity contribution in [1.29, 1.82) is 0 Å².